The maximum Gasteiger partial charge on any atom is 0.244 e. The molecule has 0 saturated heterocycles. The van der Waals surface area contributed by atoms with Crippen molar-refractivity contribution in [2.24, 2.45) is 11.8 Å². The number of nitrogens with zero attached hydrogens (tertiary/aromatic N) is 1. The molecule has 3 aliphatic rings. The fraction of sp³-hybridized carbons (Fsp3) is 0.667. The van der Waals surface area contributed by atoms with Gasteiger partial charge in [-0.2, -0.15) is 0 Å². The summed E-state index contributed by atoms with van der Waals surface area (Å²) in [7, 11) is -3.59. The number of amides is 1. The normalized spacial score (nSPS) is 31.2. The van der Waals surface area contributed by atoms with Crippen molar-refractivity contribution in [3.63, 3.8) is 0 Å². The van der Waals surface area contributed by atoms with E-state index >= 15 is 0 Å². The van der Waals surface area contributed by atoms with Gasteiger partial charge in [0.05, 0.1) is 10.7 Å². The zero-order valence-electron chi connectivity index (χ0n) is 13.8. The Labute approximate surface area is 143 Å². The molecule has 4 rings (SSSR count). The third-order valence-corrected chi connectivity index (χ3v) is 8.26. The van der Waals surface area contributed by atoms with Gasteiger partial charge in [-0.15, -0.1) is 0 Å². The minimum atomic E-state index is -3.59. The largest absolute Gasteiger partial charge is 0.273 e. The van der Waals surface area contributed by atoms with Crippen LogP contribution in [0.3, 0.4) is 0 Å². The van der Waals surface area contributed by atoms with E-state index in [-0.39, 0.29) is 17.1 Å². The lowest BCUT2D eigenvalue weighted by atomic mass is 9.79. The number of hydrogen-bond donors (Lipinski definition) is 1. The standard InChI is InChI=1S/C18H24N2O3S/c21-17(18(7-1-2-8-18)15-4-3-9-19-12-15)20-24(22,23)16-11-13-5-6-14(16)10-13/h3-4,9,12-14,16H,1-2,5-8,10-11H2,(H,20,21)/t13-,14+,16?/m1/s1. The molecule has 1 unspecified atom stereocenters. The first-order chi connectivity index (χ1) is 11.5. The molecule has 0 aliphatic heterocycles. The van der Waals surface area contributed by atoms with E-state index in [9.17, 15) is 13.2 Å². The molecule has 1 amide bonds. The molecule has 1 N–H and O–H groups in total. The predicted octanol–water partition coefficient (Wildman–Crippen LogP) is 2.53. The Balaban J connectivity index is 1.58. The molecule has 6 heteroatoms. The molecular formula is C18H24N2O3S. The molecule has 1 aromatic heterocycles. The highest BCUT2D eigenvalue weighted by molar-refractivity contribution is 7.90. The van der Waals surface area contributed by atoms with Gasteiger partial charge in [-0.3, -0.25) is 14.5 Å². The second kappa shape index (κ2) is 5.83. The lowest BCUT2D eigenvalue weighted by Crippen LogP contribution is -2.49. The van der Waals surface area contributed by atoms with Gasteiger partial charge in [-0.25, -0.2) is 8.42 Å². The second-order valence-corrected chi connectivity index (χ2v) is 9.62. The van der Waals surface area contributed by atoms with Gasteiger partial charge in [-0.1, -0.05) is 25.3 Å². The van der Waals surface area contributed by atoms with E-state index in [0.717, 1.165) is 37.7 Å². The molecule has 1 aromatic rings. The molecule has 3 aliphatic carbocycles. The summed E-state index contributed by atoms with van der Waals surface area (Å²) in [6, 6.07) is 3.70. The van der Waals surface area contributed by atoms with E-state index in [1.54, 1.807) is 12.4 Å². The van der Waals surface area contributed by atoms with Gasteiger partial charge in [0.2, 0.25) is 15.9 Å². The van der Waals surface area contributed by atoms with E-state index in [0.29, 0.717) is 25.2 Å². The van der Waals surface area contributed by atoms with E-state index in [4.69, 9.17) is 0 Å². The van der Waals surface area contributed by atoms with Crippen LogP contribution in [0.4, 0.5) is 0 Å². The Morgan fingerprint density at radius 3 is 2.58 bits per heavy atom. The average molecular weight is 348 g/mol. The molecule has 0 aromatic carbocycles. The number of carbonyl (C=O) groups is 1. The first kappa shape index (κ1) is 16.1. The number of pyridine rings is 1. The van der Waals surface area contributed by atoms with Gasteiger partial charge in [0.1, 0.15) is 0 Å². The molecule has 0 radical (unpaired) electrons. The smallest absolute Gasteiger partial charge is 0.244 e. The van der Waals surface area contributed by atoms with Crippen molar-refractivity contribution in [2.75, 3.05) is 0 Å². The van der Waals surface area contributed by atoms with Crippen LogP contribution >= 0.6 is 0 Å². The summed E-state index contributed by atoms with van der Waals surface area (Å²) in [5.41, 5.74) is 0.0991. The molecule has 130 valence electrons. The Morgan fingerprint density at radius 1 is 1.21 bits per heavy atom. The molecule has 0 spiro atoms. The highest BCUT2D eigenvalue weighted by Gasteiger charge is 2.49. The molecule has 24 heavy (non-hydrogen) atoms. The van der Waals surface area contributed by atoms with Crippen LogP contribution in [0.5, 0.6) is 0 Å². The highest BCUT2D eigenvalue weighted by atomic mass is 32.2. The van der Waals surface area contributed by atoms with Crippen LogP contribution < -0.4 is 4.72 Å². The fourth-order valence-electron chi connectivity index (χ4n) is 5.14. The number of aromatic nitrogens is 1. The fourth-order valence-corrected chi connectivity index (χ4v) is 7.02. The lowest BCUT2D eigenvalue weighted by molar-refractivity contribution is -0.124. The number of nitrogens with one attached hydrogen (secondary N) is 1. The summed E-state index contributed by atoms with van der Waals surface area (Å²) in [6.45, 7) is 0. The predicted molar refractivity (Wildman–Crippen MR) is 90.7 cm³/mol. The SMILES string of the molecule is O=C(NS(=O)(=O)C1C[C@@H]2CC[C@H]1C2)C1(c2cccnc2)CCCC1. The molecular weight excluding hydrogens is 324 g/mol. The maximum absolute atomic E-state index is 13.0. The number of carbonyl (C=O) groups excluding carboxylic acids is 1. The van der Waals surface area contributed by atoms with Crippen molar-refractivity contribution < 1.29 is 13.2 Å². The maximum atomic E-state index is 13.0. The van der Waals surface area contributed by atoms with Crippen LogP contribution in [0.25, 0.3) is 0 Å². The van der Waals surface area contributed by atoms with Gasteiger partial charge < -0.3 is 0 Å². The second-order valence-electron chi connectivity index (χ2n) is 7.72. The number of rotatable bonds is 4. The average Bonchev–Trinajstić information content (AvgIpc) is 3.32. The minimum Gasteiger partial charge on any atom is -0.273 e. The van der Waals surface area contributed by atoms with Crippen LogP contribution in [0.15, 0.2) is 24.5 Å². The first-order valence-electron chi connectivity index (χ1n) is 8.98. The van der Waals surface area contributed by atoms with Crippen molar-refractivity contribution in [2.45, 2.75) is 62.0 Å². The summed E-state index contributed by atoms with van der Waals surface area (Å²) in [4.78, 5) is 17.2. The van der Waals surface area contributed by atoms with Crippen LogP contribution in [0.1, 0.15) is 56.9 Å². The first-order valence-corrected chi connectivity index (χ1v) is 10.5. The zero-order chi connectivity index (χ0) is 16.8. The van der Waals surface area contributed by atoms with Crippen LogP contribution in [-0.2, 0) is 20.2 Å². The van der Waals surface area contributed by atoms with E-state index in [2.05, 4.69) is 9.71 Å². The Bertz CT molecular complexity index is 726. The monoisotopic (exact) mass is 348 g/mol. The van der Waals surface area contributed by atoms with Crippen molar-refractivity contribution in [1.82, 2.24) is 9.71 Å². The highest BCUT2D eigenvalue weighted by Crippen LogP contribution is 2.47. The van der Waals surface area contributed by atoms with Crippen molar-refractivity contribution in [3.8, 4) is 0 Å². The Kier molecular flexibility index (Phi) is 3.90. The molecule has 3 saturated carbocycles. The third-order valence-electron chi connectivity index (χ3n) is 6.41. The Hall–Kier alpha value is -1.43. The van der Waals surface area contributed by atoms with Gasteiger partial charge in [0.15, 0.2) is 0 Å². The summed E-state index contributed by atoms with van der Waals surface area (Å²) < 4.78 is 28.1. The van der Waals surface area contributed by atoms with Crippen molar-refractivity contribution in [1.29, 1.82) is 0 Å². The summed E-state index contributed by atoms with van der Waals surface area (Å²) in [6.07, 6.45) is 10.5. The molecule has 1 heterocycles. The van der Waals surface area contributed by atoms with E-state index < -0.39 is 15.4 Å². The zero-order valence-corrected chi connectivity index (χ0v) is 14.6. The quantitative estimate of drug-likeness (QED) is 0.907. The van der Waals surface area contributed by atoms with Gasteiger partial charge in [-0.05, 0) is 55.6 Å². The number of fused-ring (bicyclic) bond motifs is 2. The Morgan fingerprint density at radius 2 is 2.00 bits per heavy atom. The minimum absolute atomic E-state index is 0.234. The third kappa shape index (κ3) is 2.55. The van der Waals surface area contributed by atoms with Crippen LogP contribution in [0, 0.1) is 11.8 Å². The van der Waals surface area contributed by atoms with Gasteiger partial charge in [0.25, 0.3) is 0 Å². The summed E-state index contributed by atoms with van der Waals surface area (Å²) in [5, 5.41) is -0.382. The lowest BCUT2D eigenvalue weighted by Gasteiger charge is -2.29. The molecule has 5 nitrogen and oxygen atoms in total. The number of sulfonamides is 1. The van der Waals surface area contributed by atoms with Gasteiger partial charge >= 0.3 is 0 Å². The molecule has 3 atom stereocenters. The number of hydrogen-bond acceptors (Lipinski definition) is 4. The molecule has 2 bridgehead atoms. The topological polar surface area (TPSA) is 76.1 Å². The van der Waals surface area contributed by atoms with E-state index in [1.165, 1.54) is 0 Å². The van der Waals surface area contributed by atoms with Crippen molar-refractivity contribution in [3.05, 3.63) is 30.1 Å². The molecule has 3 fully saturated rings. The van der Waals surface area contributed by atoms with Crippen molar-refractivity contribution >= 4 is 15.9 Å². The van der Waals surface area contributed by atoms with Gasteiger partial charge in [0, 0.05) is 12.4 Å². The summed E-state index contributed by atoms with van der Waals surface area (Å²) in [5.74, 6) is 0.416. The van der Waals surface area contributed by atoms with Crippen LogP contribution in [-0.4, -0.2) is 24.6 Å². The summed E-state index contributed by atoms with van der Waals surface area (Å²) >= 11 is 0. The van der Waals surface area contributed by atoms with E-state index in [1.807, 2.05) is 12.1 Å². The van der Waals surface area contributed by atoms with Crippen LogP contribution in [0.2, 0.25) is 0 Å².